The van der Waals surface area contributed by atoms with Crippen molar-refractivity contribution in [1.82, 2.24) is 5.32 Å². The lowest BCUT2D eigenvalue weighted by atomic mass is 10.0. The van der Waals surface area contributed by atoms with Crippen LogP contribution in [0.25, 0.3) is 0 Å². The van der Waals surface area contributed by atoms with E-state index in [1.807, 2.05) is 5.32 Å². The molecular weight excluding hydrogens is 310 g/mol. The van der Waals surface area contributed by atoms with Gasteiger partial charge in [0.15, 0.2) is 5.92 Å². The van der Waals surface area contributed by atoms with E-state index in [1.165, 1.54) is 0 Å². The minimum Gasteiger partial charge on any atom is -0.325 e. The zero-order valence-corrected chi connectivity index (χ0v) is 12.4. The summed E-state index contributed by atoms with van der Waals surface area (Å²) in [7, 11) is 0. The summed E-state index contributed by atoms with van der Waals surface area (Å²) >= 11 is 0. The number of hydrogen-bond donors (Lipinski definition) is 2. The molecule has 1 unspecified atom stereocenters. The maximum Gasteiger partial charge on any atom is 0.335 e. The summed E-state index contributed by atoms with van der Waals surface area (Å²) in [6, 6.07) is 15.7. The SMILES string of the molecule is O=C1NC(=O)N(c2ccccc2)C(=O)C1C(=O)Nc1ccccc1. The van der Waals surface area contributed by atoms with E-state index < -0.39 is 29.7 Å². The van der Waals surface area contributed by atoms with Gasteiger partial charge in [0.05, 0.1) is 5.69 Å². The highest BCUT2D eigenvalue weighted by atomic mass is 16.2. The Balaban J connectivity index is 1.87. The number of carbonyl (C=O) groups is 4. The van der Waals surface area contributed by atoms with Crippen LogP contribution < -0.4 is 15.5 Å². The molecule has 0 aliphatic carbocycles. The molecule has 1 fully saturated rings. The largest absolute Gasteiger partial charge is 0.335 e. The molecule has 2 N–H and O–H groups in total. The van der Waals surface area contributed by atoms with Gasteiger partial charge in [0, 0.05) is 5.69 Å². The van der Waals surface area contributed by atoms with Gasteiger partial charge in [0.2, 0.25) is 11.8 Å². The van der Waals surface area contributed by atoms with Crippen LogP contribution in [0.15, 0.2) is 60.7 Å². The van der Waals surface area contributed by atoms with E-state index in [2.05, 4.69) is 5.32 Å². The van der Waals surface area contributed by atoms with Crippen molar-refractivity contribution >= 4 is 35.1 Å². The third-order valence-corrected chi connectivity index (χ3v) is 3.48. The van der Waals surface area contributed by atoms with Crippen LogP contribution in [0.1, 0.15) is 0 Å². The van der Waals surface area contributed by atoms with Gasteiger partial charge in [-0.25, -0.2) is 9.69 Å². The van der Waals surface area contributed by atoms with Gasteiger partial charge in [-0.3, -0.25) is 19.7 Å². The quantitative estimate of drug-likeness (QED) is 0.837. The summed E-state index contributed by atoms with van der Waals surface area (Å²) in [5.41, 5.74) is 0.733. The molecule has 1 saturated heterocycles. The molecule has 0 bridgehead atoms. The highest BCUT2D eigenvalue weighted by Gasteiger charge is 2.45. The number of benzene rings is 2. The summed E-state index contributed by atoms with van der Waals surface area (Å²) in [5, 5.41) is 4.54. The molecule has 2 aromatic carbocycles. The van der Waals surface area contributed by atoms with Gasteiger partial charge >= 0.3 is 6.03 Å². The lowest BCUT2D eigenvalue weighted by Crippen LogP contribution is -2.61. The molecule has 1 heterocycles. The molecule has 3 rings (SSSR count). The fourth-order valence-electron chi connectivity index (χ4n) is 2.36. The first-order chi connectivity index (χ1) is 11.6. The van der Waals surface area contributed by atoms with Crippen molar-refractivity contribution in [3.63, 3.8) is 0 Å². The summed E-state index contributed by atoms with van der Waals surface area (Å²) in [4.78, 5) is 49.7. The number of rotatable bonds is 3. The van der Waals surface area contributed by atoms with Crippen LogP contribution >= 0.6 is 0 Å². The van der Waals surface area contributed by atoms with Crippen molar-refractivity contribution in [2.45, 2.75) is 0 Å². The molecule has 0 aromatic heterocycles. The third kappa shape index (κ3) is 2.87. The zero-order valence-electron chi connectivity index (χ0n) is 12.4. The van der Waals surface area contributed by atoms with E-state index in [9.17, 15) is 19.2 Å². The Hall–Kier alpha value is -3.48. The molecular formula is C17H13N3O4. The first kappa shape index (κ1) is 15.4. The summed E-state index contributed by atoms with van der Waals surface area (Å²) < 4.78 is 0. The lowest BCUT2D eigenvalue weighted by Gasteiger charge is -2.29. The number of amides is 5. The van der Waals surface area contributed by atoms with Gasteiger partial charge in [-0.05, 0) is 24.3 Å². The van der Waals surface area contributed by atoms with Crippen LogP contribution in [0.5, 0.6) is 0 Å². The average Bonchev–Trinajstić information content (AvgIpc) is 2.56. The number of anilines is 2. The van der Waals surface area contributed by atoms with Gasteiger partial charge in [-0.1, -0.05) is 36.4 Å². The van der Waals surface area contributed by atoms with Crippen molar-refractivity contribution in [3.05, 3.63) is 60.7 Å². The highest BCUT2D eigenvalue weighted by molar-refractivity contribution is 6.35. The van der Waals surface area contributed by atoms with Crippen LogP contribution in [-0.2, 0) is 14.4 Å². The number of carbonyl (C=O) groups excluding carboxylic acids is 4. The highest BCUT2D eigenvalue weighted by Crippen LogP contribution is 2.21. The molecule has 7 heteroatoms. The van der Waals surface area contributed by atoms with Crippen molar-refractivity contribution in [3.8, 4) is 0 Å². The minimum absolute atomic E-state index is 0.282. The number of hydrogen-bond acceptors (Lipinski definition) is 4. The minimum atomic E-state index is -1.64. The molecule has 1 aliphatic heterocycles. The third-order valence-electron chi connectivity index (χ3n) is 3.48. The Labute approximate surface area is 137 Å². The second kappa shape index (κ2) is 6.33. The number of barbiturate groups is 1. The van der Waals surface area contributed by atoms with Crippen LogP contribution in [0, 0.1) is 5.92 Å². The topological polar surface area (TPSA) is 95.6 Å². The van der Waals surface area contributed by atoms with E-state index in [1.54, 1.807) is 60.7 Å². The van der Waals surface area contributed by atoms with Gasteiger partial charge < -0.3 is 5.32 Å². The van der Waals surface area contributed by atoms with Crippen molar-refractivity contribution in [2.75, 3.05) is 10.2 Å². The predicted octanol–water partition coefficient (Wildman–Crippen LogP) is 1.52. The van der Waals surface area contributed by atoms with Crippen molar-refractivity contribution < 1.29 is 19.2 Å². The summed E-state index contributed by atoms with van der Waals surface area (Å²) in [5.74, 6) is -4.26. The zero-order chi connectivity index (χ0) is 17.1. The molecule has 7 nitrogen and oxygen atoms in total. The molecule has 24 heavy (non-hydrogen) atoms. The number of imide groups is 2. The fraction of sp³-hybridized carbons (Fsp3) is 0.0588. The fourth-order valence-corrected chi connectivity index (χ4v) is 2.36. The lowest BCUT2D eigenvalue weighted by molar-refractivity contribution is -0.139. The molecule has 0 spiro atoms. The first-order valence-corrected chi connectivity index (χ1v) is 7.17. The number of nitrogens with zero attached hydrogens (tertiary/aromatic N) is 1. The smallest absolute Gasteiger partial charge is 0.325 e. The standard InChI is InChI=1S/C17H13N3O4/c21-14(18-11-7-3-1-4-8-11)13-15(22)19-17(24)20(16(13)23)12-9-5-2-6-10-12/h1-10,13H,(H,18,21)(H,19,22,24). The first-order valence-electron chi connectivity index (χ1n) is 7.17. The maximum atomic E-state index is 12.6. The van der Waals surface area contributed by atoms with Gasteiger partial charge in [0.1, 0.15) is 0 Å². The van der Waals surface area contributed by atoms with Gasteiger partial charge in [0.25, 0.3) is 5.91 Å². The van der Waals surface area contributed by atoms with Crippen molar-refractivity contribution in [2.24, 2.45) is 5.92 Å². The van der Waals surface area contributed by atoms with E-state index in [0.29, 0.717) is 5.69 Å². The number of nitrogens with one attached hydrogen (secondary N) is 2. The Kier molecular flexibility index (Phi) is 4.07. The van der Waals surface area contributed by atoms with E-state index in [-0.39, 0.29) is 5.69 Å². The predicted molar refractivity (Wildman–Crippen MR) is 86.0 cm³/mol. The van der Waals surface area contributed by atoms with Crippen LogP contribution in [0.3, 0.4) is 0 Å². The van der Waals surface area contributed by atoms with Crippen LogP contribution in [0.2, 0.25) is 0 Å². The summed E-state index contributed by atoms with van der Waals surface area (Å²) in [6.07, 6.45) is 0. The molecule has 1 aliphatic rings. The molecule has 0 saturated carbocycles. The van der Waals surface area contributed by atoms with E-state index >= 15 is 0 Å². The van der Waals surface area contributed by atoms with Gasteiger partial charge in [-0.15, -0.1) is 0 Å². The number of urea groups is 1. The van der Waals surface area contributed by atoms with Crippen LogP contribution in [0.4, 0.5) is 16.2 Å². The Morgan fingerprint density at radius 2 is 1.50 bits per heavy atom. The maximum absolute atomic E-state index is 12.6. The van der Waals surface area contributed by atoms with E-state index in [4.69, 9.17) is 0 Å². The van der Waals surface area contributed by atoms with Crippen molar-refractivity contribution in [1.29, 1.82) is 0 Å². The molecule has 120 valence electrons. The Morgan fingerprint density at radius 1 is 0.917 bits per heavy atom. The average molecular weight is 323 g/mol. The van der Waals surface area contributed by atoms with Gasteiger partial charge in [-0.2, -0.15) is 0 Å². The number of para-hydroxylation sites is 2. The monoisotopic (exact) mass is 323 g/mol. The normalized spacial score (nSPS) is 17.4. The molecule has 0 radical (unpaired) electrons. The van der Waals surface area contributed by atoms with Crippen LogP contribution in [-0.4, -0.2) is 23.8 Å². The second-order valence-corrected chi connectivity index (χ2v) is 5.09. The molecule has 2 aromatic rings. The molecule has 1 atom stereocenters. The van der Waals surface area contributed by atoms with E-state index in [0.717, 1.165) is 4.90 Å². The molecule has 5 amide bonds. The Bertz CT molecular complexity index is 805. The second-order valence-electron chi connectivity index (χ2n) is 5.09. The Morgan fingerprint density at radius 3 is 2.12 bits per heavy atom. The summed E-state index contributed by atoms with van der Waals surface area (Å²) in [6.45, 7) is 0.